The molecule has 0 radical (unpaired) electrons. The van der Waals surface area contributed by atoms with Crippen LogP contribution in [0.1, 0.15) is 19.4 Å². The molecule has 124 valence electrons. The summed E-state index contributed by atoms with van der Waals surface area (Å²) in [5.41, 5.74) is 1.62. The minimum atomic E-state index is -0.356. The topological polar surface area (TPSA) is 67.5 Å². The van der Waals surface area contributed by atoms with Crippen molar-refractivity contribution in [1.82, 2.24) is 15.1 Å². The molecule has 0 saturated carbocycles. The van der Waals surface area contributed by atoms with E-state index in [9.17, 15) is 4.79 Å². The number of nitrogens with zero attached hydrogens (tertiary/aromatic N) is 2. The van der Waals surface area contributed by atoms with Gasteiger partial charge >= 0.3 is 0 Å². The van der Waals surface area contributed by atoms with Crippen LogP contribution in [0.25, 0.3) is 10.9 Å². The number of aromatic nitrogens is 2. The van der Waals surface area contributed by atoms with E-state index in [1.807, 2.05) is 36.9 Å². The number of ether oxygens (including phenoxy) is 2. The van der Waals surface area contributed by atoms with E-state index in [-0.39, 0.29) is 17.6 Å². The molecule has 1 atom stereocenters. The van der Waals surface area contributed by atoms with Crippen molar-refractivity contribution in [3.63, 3.8) is 0 Å². The van der Waals surface area contributed by atoms with E-state index in [2.05, 4.69) is 10.2 Å². The highest BCUT2D eigenvalue weighted by Crippen LogP contribution is 2.22. The Morgan fingerprint density at radius 1 is 1.52 bits per heavy atom. The van der Waals surface area contributed by atoms with Crippen LogP contribution in [0.15, 0.2) is 24.4 Å². The molecule has 0 spiro atoms. The highest BCUT2D eigenvalue weighted by molar-refractivity contribution is 5.83. The van der Waals surface area contributed by atoms with E-state index in [0.29, 0.717) is 26.1 Å². The lowest BCUT2D eigenvalue weighted by molar-refractivity contribution is -0.168. The van der Waals surface area contributed by atoms with Crippen molar-refractivity contribution >= 4 is 16.8 Å². The third-order valence-corrected chi connectivity index (χ3v) is 4.05. The van der Waals surface area contributed by atoms with Crippen molar-refractivity contribution in [2.75, 3.05) is 26.8 Å². The number of fused-ring (bicyclic) bond motifs is 1. The molecule has 0 aliphatic carbocycles. The molecule has 1 saturated heterocycles. The van der Waals surface area contributed by atoms with E-state index >= 15 is 0 Å². The maximum Gasteiger partial charge on any atom is 0.227 e. The monoisotopic (exact) mass is 317 g/mol. The van der Waals surface area contributed by atoms with Crippen LogP contribution < -0.4 is 0 Å². The lowest BCUT2D eigenvalue weighted by atomic mass is 10.0. The summed E-state index contributed by atoms with van der Waals surface area (Å²) in [6.45, 7) is 5.68. The number of carbonyl (C=O) groups is 1. The summed E-state index contributed by atoms with van der Waals surface area (Å²) in [5.74, 6) is 0.116. The largest absolute Gasteiger partial charge is 0.382 e. The Labute approximate surface area is 135 Å². The third-order valence-electron chi connectivity index (χ3n) is 4.05. The van der Waals surface area contributed by atoms with Crippen LogP contribution >= 0.6 is 0 Å². The van der Waals surface area contributed by atoms with Gasteiger partial charge in [0.2, 0.25) is 5.91 Å². The molecule has 2 heterocycles. The van der Waals surface area contributed by atoms with Gasteiger partial charge in [0.05, 0.1) is 36.4 Å². The molecule has 1 aliphatic heterocycles. The van der Waals surface area contributed by atoms with E-state index in [0.717, 1.165) is 16.5 Å². The minimum Gasteiger partial charge on any atom is -0.382 e. The van der Waals surface area contributed by atoms with Gasteiger partial charge in [-0.25, -0.2) is 0 Å². The van der Waals surface area contributed by atoms with Gasteiger partial charge in [0.1, 0.15) is 0 Å². The Morgan fingerprint density at radius 2 is 2.35 bits per heavy atom. The van der Waals surface area contributed by atoms with Gasteiger partial charge in [-0.15, -0.1) is 0 Å². The predicted molar refractivity (Wildman–Crippen MR) is 87.2 cm³/mol. The number of morpholine rings is 1. The van der Waals surface area contributed by atoms with Gasteiger partial charge in [0.15, 0.2) is 0 Å². The van der Waals surface area contributed by atoms with Crippen molar-refractivity contribution in [3.8, 4) is 0 Å². The normalized spacial score (nSPS) is 20.8. The first-order chi connectivity index (χ1) is 11.0. The number of hydrogen-bond donors (Lipinski definition) is 1. The molecule has 6 nitrogen and oxygen atoms in total. The lowest BCUT2D eigenvalue weighted by Crippen LogP contribution is -2.56. The third kappa shape index (κ3) is 3.71. The smallest absolute Gasteiger partial charge is 0.227 e. The number of rotatable bonds is 4. The van der Waals surface area contributed by atoms with Gasteiger partial charge in [-0.1, -0.05) is 6.07 Å². The maximum absolute atomic E-state index is 12.7. The molecule has 0 bridgehead atoms. The Balaban J connectivity index is 1.70. The van der Waals surface area contributed by atoms with Crippen molar-refractivity contribution in [2.24, 2.45) is 0 Å². The molecular formula is C17H23N3O3. The molecule has 1 fully saturated rings. The van der Waals surface area contributed by atoms with Gasteiger partial charge < -0.3 is 14.4 Å². The van der Waals surface area contributed by atoms with Crippen LogP contribution in [-0.4, -0.2) is 59.5 Å². The molecule has 3 rings (SSSR count). The van der Waals surface area contributed by atoms with Crippen LogP contribution in [0.2, 0.25) is 0 Å². The molecule has 2 aromatic rings. The van der Waals surface area contributed by atoms with Crippen molar-refractivity contribution in [1.29, 1.82) is 0 Å². The number of benzene rings is 1. The highest BCUT2D eigenvalue weighted by Gasteiger charge is 2.35. The summed E-state index contributed by atoms with van der Waals surface area (Å²) in [7, 11) is 1.65. The first kappa shape index (κ1) is 16.0. The second kappa shape index (κ2) is 6.29. The van der Waals surface area contributed by atoms with Gasteiger partial charge in [-0.3, -0.25) is 9.89 Å². The highest BCUT2D eigenvalue weighted by atomic mass is 16.5. The molecule has 1 amide bonds. The number of methoxy groups -OCH3 is 1. The zero-order valence-corrected chi connectivity index (χ0v) is 13.8. The number of carbonyl (C=O) groups excluding carboxylic acids is 1. The molecular weight excluding hydrogens is 294 g/mol. The van der Waals surface area contributed by atoms with Crippen LogP contribution in [0.5, 0.6) is 0 Å². The summed E-state index contributed by atoms with van der Waals surface area (Å²) in [4.78, 5) is 14.6. The molecule has 23 heavy (non-hydrogen) atoms. The summed E-state index contributed by atoms with van der Waals surface area (Å²) >= 11 is 0. The number of H-pyrrole nitrogens is 1. The van der Waals surface area contributed by atoms with Crippen molar-refractivity contribution < 1.29 is 14.3 Å². The standard InChI is InChI=1S/C17H23N3O3/c1-17(2)11-20(9-14(23-17)10-22-3)16(21)7-12-4-5-15-13(6-12)8-18-19-15/h4-6,8,14H,7,9-11H2,1-3H3,(H,18,19)/t14-/m0/s1. The molecule has 6 heteroatoms. The lowest BCUT2D eigenvalue weighted by Gasteiger charge is -2.42. The van der Waals surface area contributed by atoms with E-state index in [1.165, 1.54) is 0 Å². The average molecular weight is 317 g/mol. The minimum absolute atomic E-state index is 0.0796. The number of amides is 1. The molecule has 0 unspecified atom stereocenters. The fourth-order valence-corrected chi connectivity index (χ4v) is 3.15. The van der Waals surface area contributed by atoms with Crippen LogP contribution in [0, 0.1) is 0 Å². The number of hydrogen-bond acceptors (Lipinski definition) is 4. The number of aromatic amines is 1. The fraction of sp³-hybridized carbons (Fsp3) is 0.529. The van der Waals surface area contributed by atoms with Crippen LogP contribution in [-0.2, 0) is 20.7 Å². The van der Waals surface area contributed by atoms with E-state index < -0.39 is 0 Å². The maximum atomic E-state index is 12.7. The average Bonchev–Trinajstić information content (AvgIpc) is 2.93. The second-order valence-electron chi connectivity index (χ2n) is 6.70. The Morgan fingerprint density at radius 3 is 3.13 bits per heavy atom. The first-order valence-corrected chi connectivity index (χ1v) is 7.83. The first-order valence-electron chi connectivity index (χ1n) is 7.83. The van der Waals surface area contributed by atoms with Gasteiger partial charge in [0.25, 0.3) is 0 Å². The van der Waals surface area contributed by atoms with Crippen molar-refractivity contribution in [3.05, 3.63) is 30.0 Å². The SMILES string of the molecule is COC[C@@H]1CN(C(=O)Cc2ccc3[nH]ncc3c2)CC(C)(C)O1. The predicted octanol–water partition coefficient (Wildman–Crippen LogP) is 1.76. The quantitative estimate of drug-likeness (QED) is 0.933. The van der Waals surface area contributed by atoms with Crippen molar-refractivity contribution in [2.45, 2.75) is 32.0 Å². The molecule has 1 aromatic heterocycles. The van der Waals surface area contributed by atoms with Gasteiger partial charge in [-0.05, 0) is 31.5 Å². The Kier molecular flexibility index (Phi) is 4.37. The molecule has 1 aliphatic rings. The van der Waals surface area contributed by atoms with Gasteiger partial charge in [0, 0.05) is 25.6 Å². The second-order valence-corrected chi connectivity index (χ2v) is 6.70. The molecule has 1 N–H and O–H groups in total. The zero-order chi connectivity index (χ0) is 16.4. The van der Waals surface area contributed by atoms with Crippen LogP contribution in [0.3, 0.4) is 0 Å². The van der Waals surface area contributed by atoms with Crippen LogP contribution in [0.4, 0.5) is 0 Å². The zero-order valence-electron chi connectivity index (χ0n) is 13.8. The molecule has 1 aromatic carbocycles. The summed E-state index contributed by atoms with van der Waals surface area (Å²) in [6, 6.07) is 5.94. The summed E-state index contributed by atoms with van der Waals surface area (Å²) in [6.07, 6.45) is 2.08. The summed E-state index contributed by atoms with van der Waals surface area (Å²) < 4.78 is 11.1. The number of nitrogens with one attached hydrogen (secondary N) is 1. The Bertz CT molecular complexity index is 695. The Hall–Kier alpha value is -1.92. The van der Waals surface area contributed by atoms with E-state index in [1.54, 1.807) is 13.3 Å². The van der Waals surface area contributed by atoms with E-state index in [4.69, 9.17) is 9.47 Å². The van der Waals surface area contributed by atoms with Gasteiger partial charge in [-0.2, -0.15) is 5.10 Å². The fourth-order valence-electron chi connectivity index (χ4n) is 3.15. The summed E-state index contributed by atoms with van der Waals surface area (Å²) in [5, 5.41) is 7.95.